The van der Waals surface area contributed by atoms with Crippen LogP contribution in [0.5, 0.6) is 5.75 Å². The molecule has 0 aliphatic carbocycles. The first kappa shape index (κ1) is 27.5. The number of allylic oxidation sites excluding steroid dienone is 1. The zero-order valence-corrected chi connectivity index (χ0v) is 21.7. The second kappa shape index (κ2) is 13.3. The van der Waals surface area contributed by atoms with E-state index in [1.54, 1.807) is 0 Å². The molecule has 200 valence electrons. The van der Waals surface area contributed by atoms with E-state index in [2.05, 4.69) is 32.1 Å². The average Bonchev–Trinajstić information content (AvgIpc) is 2.91. The Morgan fingerprint density at radius 2 is 1.87 bits per heavy atom. The maximum atomic E-state index is 14.6. The molecule has 2 N–H and O–H groups in total. The van der Waals surface area contributed by atoms with Crippen LogP contribution in [0.2, 0.25) is 5.02 Å². The molecule has 0 spiro atoms. The van der Waals surface area contributed by atoms with Gasteiger partial charge in [-0.3, -0.25) is 9.69 Å². The molecule has 0 bridgehead atoms. The van der Waals surface area contributed by atoms with Gasteiger partial charge in [-0.2, -0.15) is 4.98 Å². The quantitative estimate of drug-likeness (QED) is 0.275. The lowest BCUT2D eigenvalue weighted by Gasteiger charge is -2.26. The summed E-state index contributed by atoms with van der Waals surface area (Å²) < 4.78 is 34.7. The summed E-state index contributed by atoms with van der Waals surface area (Å²) in [5, 5.41) is 6.22. The van der Waals surface area contributed by atoms with Crippen molar-refractivity contribution in [2.24, 2.45) is 0 Å². The number of ether oxygens (including phenoxy) is 1. The van der Waals surface area contributed by atoms with Crippen LogP contribution in [0.4, 0.5) is 26.2 Å². The summed E-state index contributed by atoms with van der Waals surface area (Å²) in [5.41, 5.74) is 1.92. The summed E-state index contributed by atoms with van der Waals surface area (Å²) in [6.07, 6.45) is 6.46. The van der Waals surface area contributed by atoms with Crippen LogP contribution < -0.4 is 15.4 Å². The molecular weight excluding hydrogens is 512 g/mol. The average molecular weight is 542 g/mol. The van der Waals surface area contributed by atoms with Crippen LogP contribution in [-0.2, 0) is 17.8 Å². The molecule has 0 atom stereocenters. The Morgan fingerprint density at radius 3 is 2.61 bits per heavy atom. The third-order valence-electron chi connectivity index (χ3n) is 6.16. The van der Waals surface area contributed by atoms with Crippen LogP contribution in [0, 0.1) is 11.6 Å². The molecule has 1 aliphatic rings. The van der Waals surface area contributed by atoms with Gasteiger partial charge in [-0.15, -0.1) is 0 Å². The van der Waals surface area contributed by atoms with Crippen molar-refractivity contribution in [3.63, 3.8) is 0 Å². The number of nitrogens with zero attached hydrogens (tertiary/aromatic N) is 3. The summed E-state index contributed by atoms with van der Waals surface area (Å²) >= 11 is 6.25. The van der Waals surface area contributed by atoms with E-state index in [0.29, 0.717) is 18.9 Å². The summed E-state index contributed by atoms with van der Waals surface area (Å²) in [6.45, 7) is 6.70. The summed E-state index contributed by atoms with van der Waals surface area (Å²) in [7, 11) is 0. The summed E-state index contributed by atoms with van der Waals surface area (Å²) in [6, 6.07) is 9.82. The third kappa shape index (κ3) is 7.72. The maximum absolute atomic E-state index is 14.6. The molecule has 4 rings (SSSR count). The van der Waals surface area contributed by atoms with Crippen molar-refractivity contribution in [1.82, 2.24) is 14.9 Å². The van der Waals surface area contributed by atoms with Crippen LogP contribution in [0.25, 0.3) is 0 Å². The number of benzene rings is 2. The van der Waals surface area contributed by atoms with Crippen molar-refractivity contribution in [1.29, 1.82) is 0 Å². The highest BCUT2D eigenvalue weighted by Crippen LogP contribution is 2.28. The second-order valence-corrected chi connectivity index (χ2v) is 9.46. The van der Waals surface area contributed by atoms with Gasteiger partial charge in [0.25, 0.3) is 0 Å². The van der Waals surface area contributed by atoms with Gasteiger partial charge < -0.3 is 15.4 Å². The van der Waals surface area contributed by atoms with Gasteiger partial charge in [0.05, 0.1) is 6.20 Å². The van der Waals surface area contributed by atoms with Crippen molar-refractivity contribution in [2.45, 2.75) is 32.2 Å². The SMILES string of the molecule is C=CC(=O)Cc1cccc(CNc2nc(Nc3cc(F)c(OCCN4CCCCC4)c(F)c3)ncc2Cl)c1. The lowest BCUT2D eigenvalue weighted by atomic mass is 10.1. The van der Waals surface area contributed by atoms with Crippen LogP contribution in [0.15, 0.2) is 55.3 Å². The van der Waals surface area contributed by atoms with Crippen LogP contribution in [0.3, 0.4) is 0 Å². The number of piperidine rings is 1. The lowest BCUT2D eigenvalue weighted by Crippen LogP contribution is -2.33. The van der Waals surface area contributed by atoms with Gasteiger partial charge in [-0.05, 0) is 43.1 Å². The van der Waals surface area contributed by atoms with Gasteiger partial charge in [0.1, 0.15) is 11.6 Å². The number of halogens is 3. The number of likely N-dealkylation sites (tertiary alicyclic amines) is 1. The number of hydrogen-bond acceptors (Lipinski definition) is 7. The van der Waals surface area contributed by atoms with Crippen molar-refractivity contribution in [3.05, 3.63) is 83.0 Å². The number of carbonyl (C=O) groups is 1. The Labute approximate surface area is 225 Å². The zero-order chi connectivity index (χ0) is 26.9. The van der Waals surface area contributed by atoms with Crippen LogP contribution >= 0.6 is 11.6 Å². The predicted molar refractivity (Wildman–Crippen MR) is 145 cm³/mol. The number of nitrogens with one attached hydrogen (secondary N) is 2. The number of rotatable bonds is 12. The molecule has 1 fully saturated rings. The first-order valence-corrected chi connectivity index (χ1v) is 12.9. The van der Waals surface area contributed by atoms with Gasteiger partial charge in [-0.25, -0.2) is 13.8 Å². The highest BCUT2D eigenvalue weighted by Gasteiger charge is 2.16. The molecule has 0 radical (unpaired) electrons. The maximum Gasteiger partial charge on any atom is 0.229 e. The van der Waals surface area contributed by atoms with Gasteiger partial charge in [-0.1, -0.05) is 48.9 Å². The largest absolute Gasteiger partial charge is 0.486 e. The third-order valence-corrected chi connectivity index (χ3v) is 6.44. The number of hydrogen-bond donors (Lipinski definition) is 2. The lowest BCUT2D eigenvalue weighted by molar-refractivity contribution is -0.114. The van der Waals surface area contributed by atoms with E-state index in [-0.39, 0.29) is 35.5 Å². The molecule has 1 aliphatic heterocycles. The van der Waals surface area contributed by atoms with E-state index in [9.17, 15) is 13.6 Å². The fraction of sp³-hybridized carbons (Fsp3) is 0.321. The topological polar surface area (TPSA) is 79.4 Å². The second-order valence-electron chi connectivity index (χ2n) is 9.06. The van der Waals surface area contributed by atoms with Crippen molar-refractivity contribution < 1.29 is 18.3 Å². The molecule has 1 saturated heterocycles. The smallest absolute Gasteiger partial charge is 0.229 e. The molecule has 2 aromatic carbocycles. The minimum atomic E-state index is -0.812. The molecule has 10 heteroatoms. The van der Waals surface area contributed by atoms with Crippen molar-refractivity contribution in [2.75, 3.05) is 36.9 Å². The Hall–Kier alpha value is -3.56. The standard InChI is InChI=1S/C28H30ClF2N5O2/c1-2-22(37)14-19-7-6-8-20(13-19)17-32-27-23(29)18-33-28(35-27)34-21-15-24(30)26(25(31)16-21)38-12-11-36-9-4-3-5-10-36/h2,6-8,13,15-16,18H,1,3-5,9-12,14,17H2,(H2,32,33,34,35). The number of aromatic nitrogens is 2. The first-order chi connectivity index (χ1) is 18.4. The molecule has 1 aromatic heterocycles. The van der Waals surface area contributed by atoms with Gasteiger partial charge in [0.2, 0.25) is 5.95 Å². The minimum Gasteiger partial charge on any atom is -0.486 e. The highest BCUT2D eigenvalue weighted by molar-refractivity contribution is 6.32. The first-order valence-electron chi connectivity index (χ1n) is 12.5. The fourth-order valence-corrected chi connectivity index (χ4v) is 4.38. The van der Waals surface area contributed by atoms with Crippen LogP contribution in [-0.4, -0.2) is 46.9 Å². The number of anilines is 3. The van der Waals surface area contributed by atoms with E-state index in [1.165, 1.54) is 18.7 Å². The Kier molecular flexibility index (Phi) is 9.62. The molecule has 38 heavy (non-hydrogen) atoms. The van der Waals surface area contributed by atoms with E-state index in [4.69, 9.17) is 16.3 Å². The summed E-state index contributed by atoms with van der Waals surface area (Å²) in [5.74, 6) is -1.63. The predicted octanol–water partition coefficient (Wildman–Crippen LogP) is 5.93. The van der Waals surface area contributed by atoms with E-state index in [0.717, 1.165) is 49.2 Å². The van der Waals surface area contributed by atoms with E-state index < -0.39 is 17.4 Å². The Bertz CT molecular complexity index is 1260. The van der Waals surface area contributed by atoms with Crippen molar-refractivity contribution in [3.8, 4) is 5.75 Å². The molecule has 0 saturated carbocycles. The number of ketones is 1. The molecule has 3 aromatic rings. The molecular formula is C28H30ClF2N5O2. The van der Waals surface area contributed by atoms with Crippen molar-refractivity contribution >= 4 is 34.8 Å². The van der Waals surface area contributed by atoms with Gasteiger partial charge in [0, 0.05) is 37.3 Å². The number of carbonyl (C=O) groups excluding carboxylic acids is 1. The summed E-state index contributed by atoms with van der Waals surface area (Å²) in [4.78, 5) is 22.3. The van der Waals surface area contributed by atoms with Gasteiger partial charge >= 0.3 is 0 Å². The molecule has 7 nitrogen and oxygen atoms in total. The monoisotopic (exact) mass is 541 g/mol. The van der Waals surface area contributed by atoms with Crippen LogP contribution in [0.1, 0.15) is 30.4 Å². The zero-order valence-electron chi connectivity index (χ0n) is 21.0. The van der Waals surface area contributed by atoms with E-state index in [1.807, 2.05) is 24.3 Å². The molecule has 0 amide bonds. The Balaban J connectivity index is 1.37. The van der Waals surface area contributed by atoms with Gasteiger partial charge in [0.15, 0.2) is 29.0 Å². The molecule has 0 unspecified atom stereocenters. The minimum absolute atomic E-state index is 0.0606. The highest BCUT2D eigenvalue weighted by atomic mass is 35.5. The van der Waals surface area contributed by atoms with E-state index >= 15 is 0 Å². The Morgan fingerprint density at radius 1 is 1.13 bits per heavy atom. The molecule has 2 heterocycles. The normalized spacial score (nSPS) is 13.7. The fourth-order valence-electron chi connectivity index (χ4n) is 4.22.